The van der Waals surface area contributed by atoms with E-state index in [4.69, 9.17) is 21.4 Å². The van der Waals surface area contributed by atoms with Crippen LogP contribution in [0.25, 0.3) is 0 Å². The quantitative estimate of drug-likeness (QED) is 0.734. The van der Waals surface area contributed by atoms with Crippen LogP contribution in [-0.2, 0) is 4.79 Å². The number of Topliss-reactive ketones (excluding diaryl/α,β-unsaturated/α-hetero) is 1. The highest BCUT2D eigenvalue weighted by molar-refractivity contribution is 6.31. The number of carbonyl (C=O) groups excluding carboxylic acids is 2. The summed E-state index contributed by atoms with van der Waals surface area (Å²) in [4.78, 5) is 35.0. The first-order chi connectivity index (χ1) is 11.9. The van der Waals surface area contributed by atoms with Crippen molar-refractivity contribution in [2.45, 2.75) is 12.8 Å². The van der Waals surface area contributed by atoms with Crippen LogP contribution in [0.1, 0.15) is 33.6 Å². The summed E-state index contributed by atoms with van der Waals surface area (Å²) < 4.78 is 5.13. The third-order valence-electron chi connectivity index (χ3n) is 3.46. The Morgan fingerprint density at radius 2 is 1.76 bits per heavy atom. The molecule has 0 spiro atoms. The van der Waals surface area contributed by atoms with E-state index in [-0.39, 0.29) is 30.1 Å². The van der Waals surface area contributed by atoms with Crippen molar-refractivity contribution in [3.63, 3.8) is 0 Å². The molecule has 0 saturated heterocycles. The third kappa shape index (κ3) is 5.06. The maximum Gasteiger partial charge on any atom is 0.335 e. The van der Waals surface area contributed by atoms with Crippen molar-refractivity contribution in [2.24, 2.45) is 0 Å². The second-order valence-corrected chi connectivity index (χ2v) is 5.63. The Morgan fingerprint density at radius 1 is 1.08 bits per heavy atom. The number of halogens is 1. The highest BCUT2D eigenvalue weighted by Crippen LogP contribution is 2.24. The fraction of sp³-hybridized carbons (Fsp3) is 0.167. The van der Waals surface area contributed by atoms with Crippen molar-refractivity contribution in [3.8, 4) is 5.75 Å². The highest BCUT2D eigenvalue weighted by Gasteiger charge is 2.15. The zero-order valence-electron chi connectivity index (χ0n) is 13.4. The first-order valence-corrected chi connectivity index (χ1v) is 7.78. The summed E-state index contributed by atoms with van der Waals surface area (Å²) in [7, 11) is 1.45. The molecule has 25 heavy (non-hydrogen) atoms. The number of rotatable bonds is 7. The lowest BCUT2D eigenvalue weighted by Gasteiger charge is -2.08. The molecule has 0 aliphatic rings. The predicted octanol–water partition coefficient (Wildman–Crippen LogP) is 3.65. The predicted molar refractivity (Wildman–Crippen MR) is 93.6 cm³/mol. The lowest BCUT2D eigenvalue weighted by Crippen LogP contribution is -2.14. The summed E-state index contributed by atoms with van der Waals surface area (Å²) >= 11 is 5.89. The minimum Gasteiger partial charge on any atom is -0.496 e. The Morgan fingerprint density at radius 3 is 2.36 bits per heavy atom. The summed E-state index contributed by atoms with van der Waals surface area (Å²) in [5.74, 6) is -1.24. The molecule has 0 aliphatic heterocycles. The Hall–Kier alpha value is -2.86. The van der Waals surface area contributed by atoms with Crippen molar-refractivity contribution in [1.29, 1.82) is 0 Å². The van der Waals surface area contributed by atoms with Crippen LogP contribution in [0, 0.1) is 0 Å². The molecule has 1 amide bonds. The number of carboxylic acids is 1. The molecular weight excluding hydrogens is 346 g/mol. The van der Waals surface area contributed by atoms with Gasteiger partial charge < -0.3 is 15.2 Å². The van der Waals surface area contributed by atoms with Gasteiger partial charge >= 0.3 is 5.97 Å². The van der Waals surface area contributed by atoms with Crippen LogP contribution in [0.4, 0.5) is 5.69 Å². The number of ether oxygens (including phenoxy) is 1. The Kier molecular flexibility index (Phi) is 6.14. The van der Waals surface area contributed by atoms with Crippen LogP contribution in [0.2, 0.25) is 5.02 Å². The zero-order chi connectivity index (χ0) is 18.4. The fourth-order valence-corrected chi connectivity index (χ4v) is 2.35. The average molecular weight is 362 g/mol. The van der Waals surface area contributed by atoms with Crippen molar-refractivity contribution in [2.75, 3.05) is 12.4 Å². The van der Waals surface area contributed by atoms with Crippen LogP contribution in [0.15, 0.2) is 42.5 Å². The second-order valence-electron chi connectivity index (χ2n) is 5.20. The van der Waals surface area contributed by atoms with Gasteiger partial charge in [-0.15, -0.1) is 0 Å². The minimum atomic E-state index is -1.04. The molecule has 7 heteroatoms. The van der Waals surface area contributed by atoms with Gasteiger partial charge in [0, 0.05) is 23.6 Å². The van der Waals surface area contributed by atoms with E-state index in [1.807, 2.05) is 0 Å². The van der Waals surface area contributed by atoms with E-state index in [0.717, 1.165) is 0 Å². The summed E-state index contributed by atoms with van der Waals surface area (Å²) in [5.41, 5.74) is 0.914. The van der Waals surface area contributed by atoms with E-state index in [0.29, 0.717) is 22.0 Å². The zero-order valence-corrected chi connectivity index (χ0v) is 14.2. The van der Waals surface area contributed by atoms with Crippen LogP contribution < -0.4 is 10.1 Å². The summed E-state index contributed by atoms with van der Waals surface area (Å²) in [5, 5.41) is 11.9. The topological polar surface area (TPSA) is 92.7 Å². The van der Waals surface area contributed by atoms with E-state index in [1.165, 1.54) is 37.4 Å². The van der Waals surface area contributed by atoms with Crippen LogP contribution in [0.5, 0.6) is 5.75 Å². The molecular formula is C18H16ClNO5. The largest absolute Gasteiger partial charge is 0.496 e. The number of hydrogen-bond donors (Lipinski definition) is 2. The van der Waals surface area contributed by atoms with Gasteiger partial charge in [0.05, 0.1) is 18.2 Å². The van der Waals surface area contributed by atoms with Crippen molar-refractivity contribution in [1.82, 2.24) is 0 Å². The molecule has 2 N–H and O–H groups in total. The number of ketones is 1. The van der Waals surface area contributed by atoms with Crippen LogP contribution >= 0.6 is 11.6 Å². The molecule has 2 rings (SSSR count). The van der Waals surface area contributed by atoms with E-state index in [1.54, 1.807) is 12.1 Å². The number of aromatic carboxylic acids is 1. The Labute approximate surface area is 149 Å². The number of methoxy groups -OCH3 is 1. The van der Waals surface area contributed by atoms with Gasteiger partial charge in [0.25, 0.3) is 0 Å². The Bertz CT molecular complexity index is 802. The molecule has 0 fully saturated rings. The van der Waals surface area contributed by atoms with Gasteiger partial charge in [0.1, 0.15) is 5.75 Å². The molecule has 0 bridgehead atoms. The van der Waals surface area contributed by atoms with Gasteiger partial charge in [0.15, 0.2) is 5.78 Å². The smallest absolute Gasteiger partial charge is 0.335 e. The normalized spacial score (nSPS) is 10.2. The number of carboxylic acid groups (broad SMARTS) is 1. The molecule has 2 aromatic carbocycles. The third-order valence-corrected chi connectivity index (χ3v) is 3.69. The maximum atomic E-state index is 12.3. The van der Waals surface area contributed by atoms with Gasteiger partial charge in [-0.1, -0.05) is 11.6 Å². The summed E-state index contributed by atoms with van der Waals surface area (Å²) in [6, 6.07) is 10.5. The van der Waals surface area contributed by atoms with Crippen molar-refractivity contribution in [3.05, 3.63) is 58.6 Å². The highest BCUT2D eigenvalue weighted by atomic mass is 35.5. The van der Waals surface area contributed by atoms with E-state index in [2.05, 4.69) is 5.32 Å². The SMILES string of the molecule is COc1ccc(Cl)cc1C(=O)CCC(=O)Nc1ccc(C(=O)O)cc1. The van der Waals surface area contributed by atoms with Gasteiger partial charge in [0.2, 0.25) is 5.91 Å². The summed E-state index contributed by atoms with van der Waals surface area (Å²) in [6.45, 7) is 0. The van der Waals surface area contributed by atoms with Crippen LogP contribution in [0.3, 0.4) is 0 Å². The molecule has 6 nitrogen and oxygen atoms in total. The minimum absolute atomic E-state index is 0.00422. The van der Waals surface area contributed by atoms with Gasteiger partial charge in [-0.3, -0.25) is 9.59 Å². The monoisotopic (exact) mass is 361 g/mol. The lowest BCUT2D eigenvalue weighted by molar-refractivity contribution is -0.116. The molecule has 0 saturated carbocycles. The van der Waals surface area contributed by atoms with E-state index in [9.17, 15) is 14.4 Å². The number of nitrogens with one attached hydrogen (secondary N) is 1. The maximum absolute atomic E-state index is 12.3. The molecule has 0 aromatic heterocycles. The number of amides is 1. The first-order valence-electron chi connectivity index (χ1n) is 7.40. The van der Waals surface area contributed by atoms with Crippen LogP contribution in [-0.4, -0.2) is 29.9 Å². The number of benzene rings is 2. The molecule has 0 aliphatic carbocycles. The number of anilines is 1. The fourth-order valence-electron chi connectivity index (χ4n) is 2.18. The molecule has 0 heterocycles. The average Bonchev–Trinajstić information content (AvgIpc) is 2.60. The summed E-state index contributed by atoms with van der Waals surface area (Å²) in [6.07, 6.45) is -0.0229. The molecule has 0 atom stereocenters. The van der Waals surface area contributed by atoms with Gasteiger partial charge in [-0.2, -0.15) is 0 Å². The number of carbonyl (C=O) groups is 3. The Balaban J connectivity index is 1.94. The second kappa shape index (κ2) is 8.30. The van der Waals surface area contributed by atoms with Crippen molar-refractivity contribution >= 4 is 34.9 Å². The lowest BCUT2D eigenvalue weighted by atomic mass is 10.1. The van der Waals surface area contributed by atoms with Crippen molar-refractivity contribution < 1.29 is 24.2 Å². The molecule has 0 radical (unpaired) electrons. The standard InChI is InChI=1S/C18H16ClNO5/c1-25-16-8-4-12(19)10-14(16)15(21)7-9-17(22)20-13-5-2-11(3-6-13)18(23)24/h2-6,8,10H,7,9H2,1H3,(H,20,22)(H,23,24). The number of hydrogen-bond acceptors (Lipinski definition) is 4. The molecule has 130 valence electrons. The van der Waals surface area contributed by atoms with E-state index >= 15 is 0 Å². The van der Waals surface area contributed by atoms with Gasteiger partial charge in [-0.25, -0.2) is 4.79 Å². The van der Waals surface area contributed by atoms with E-state index < -0.39 is 5.97 Å². The van der Waals surface area contributed by atoms with Gasteiger partial charge in [-0.05, 0) is 42.5 Å². The molecule has 0 unspecified atom stereocenters. The first kappa shape index (κ1) is 18.5. The molecule has 2 aromatic rings.